The molecule has 35 heavy (non-hydrogen) atoms. The first-order valence-corrected chi connectivity index (χ1v) is 8.81. The van der Waals surface area contributed by atoms with Crippen molar-refractivity contribution in [3.63, 3.8) is 0 Å². The second kappa shape index (κ2) is 19.2. The number of aromatic nitrogens is 2. The van der Waals surface area contributed by atoms with Crippen LogP contribution < -0.4 is 10.2 Å². The molecule has 0 fully saturated rings. The topological polar surface area (TPSA) is 221 Å². The monoisotopic (exact) mass is 542 g/mol. The Morgan fingerprint density at radius 1 is 0.714 bits per heavy atom. The number of rotatable bonds is 6. The molecule has 14 nitrogen and oxygen atoms in total. The smallest absolute Gasteiger partial charge is 0.543 e. The molecule has 2 N–H and O–H groups in total. The van der Waals surface area contributed by atoms with Gasteiger partial charge in [0.05, 0.1) is 34.5 Å². The summed E-state index contributed by atoms with van der Waals surface area (Å²) < 4.78 is 0. The molecule has 0 bridgehead atoms. The van der Waals surface area contributed by atoms with Gasteiger partial charge in [0, 0.05) is 40.6 Å². The van der Waals surface area contributed by atoms with E-state index in [0.717, 1.165) is 49.5 Å². The van der Waals surface area contributed by atoms with E-state index >= 15 is 0 Å². The molecule has 0 aliphatic heterocycles. The molecule has 0 aliphatic rings. The van der Waals surface area contributed by atoms with Crippen molar-refractivity contribution in [2.24, 2.45) is 0 Å². The Balaban J connectivity index is -0.000000419. The minimum absolute atomic E-state index is 0. The summed E-state index contributed by atoms with van der Waals surface area (Å²) in [6.45, 7) is 0. The van der Waals surface area contributed by atoms with E-state index in [1.165, 1.54) is 9.80 Å². The van der Waals surface area contributed by atoms with Gasteiger partial charge >= 0.3 is 31.4 Å². The molecule has 0 aliphatic carbocycles. The summed E-state index contributed by atoms with van der Waals surface area (Å²) in [4.78, 5) is 69.3. The maximum Gasteiger partial charge on any atom is 2.00 e. The van der Waals surface area contributed by atoms with Crippen molar-refractivity contribution in [3.05, 3.63) is 59.2 Å². The third-order valence-electron chi connectivity index (χ3n) is 2.86. The SMILES string of the molecule is CN(C)C=O.CN(C)C=O.O=C(O)c1ccc(C(=O)[O-])nc1.O=C(O)c1ccc(C(=O)[O-])nc1.[Zn+2]. The maximum absolute atomic E-state index is 10.3. The van der Waals surface area contributed by atoms with Gasteiger partial charge in [-0.1, -0.05) is 0 Å². The number of aromatic carboxylic acids is 4. The van der Waals surface area contributed by atoms with Gasteiger partial charge < -0.3 is 39.8 Å². The van der Waals surface area contributed by atoms with Gasteiger partial charge in [-0.3, -0.25) is 19.6 Å². The zero-order valence-corrected chi connectivity index (χ0v) is 22.2. The van der Waals surface area contributed by atoms with Gasteiger partial charge in [0.15, 0.2) is 0 Å². The molecule has 15 heteroatoms. The molecule has 2 aromatic heterocycles. The first-order valence-electron chi connectivity index (χ1n) is 8.81. The van der Waals surface area contributed by atoms with Gasteiger partial charge in [-0.15, -0.1) is 0 Å². The van der Waals surface area contributed by atoms with Crippen molar-refractivity contribution < 1.29 is 68.7 Å². The van der Waals surface area contributed by atoms with Crippen molar-refractivity contribution in [1.82, 2.24) is 19.8 Å². The van der Waals surface area contributed by atoms with Crippen molar-refractivity contribution >= 4 is 36.7 Å². The molecule has 0 saturated carbocycles. The summed E-state index contributed by atoms with van der Waals surface area (Å²) in [6.07, 6.45) is 3.43. The molecule has 2 rings (SSSR count). The maximum atomic E-state index is 10.3. The van der Waals surface area contributed by atoms with Crippen LogP contribution in [0.1, 0.15) is 41.7 Å². The fourth-order valence-electron chi connectivity index (χ4n) is 1.28. The van der Waals surface area contributed by atoms with E-state index < -0.39 is 23.9 Å². The minimum atomic E-state index is -1.42. The Labute approximate surface area is 212 Å². The van der Waals surface area contributed by atoms with Gasteiger partial charge in [-0.25, -0.2) is 9.59 Å². The molecule has 0 atom stereocenters. The molecular weight excluding hydrogens is 522 g/mol. The van der Waals surface area contributed by atoms with Crippen molar-refractivity contribution in [3.8, 4) is 0 Å². The number of hydrogen-bond acceptors (Lipinski definition) is 10. The largest absolute Gasteiger partial charge is 2.00 e. The average molecular weight is 544 g/mol. The first-order chi connectivity index (χ1) is 15.8. The molecule has 2 heterocycles. The van der Waals surface area contributed by atoms with E-state index in [-0.39, 0.29) is 42.0 Å². The second-order valence-electron chi connectivity index (χ2n) is 6.19. The van der Waals surface area contributed by atoms with Crippen LogP contribution in [0.2, 0.25) is 0 Å². The summed E-state index contributed by atoms with van der Waals surface area (Å²) in [6, 6.07) is 4.47. The van der Waals surface area contributed by atoms with E-state index in [9.17, 15) is 39.0 Å². The number of carbonyl (C=O) groups excluding carboxylic acids is 4. The molecule has 0 aromatic carbocycles. The van der Waals surface area contributed by atoms with Crippen LogP contribution in [-0.4, -0.2) is 94.9 Å². The second-order valence-corrected chi connectivity index (χ2v) is 6.19. The predicted octanol–water partition coefficient (Wildman–Crippen LogP) is -2.31. The Hall–Kier alpha value is -4.26. The van der Waals surface area contributed by atoms with Crippen LogP contribution in [-0.2, 0) is 29.1 Å². The van der Waals surface area contributed by atoms with E-state index in [1.54, 1.807) is 28.2 Å². The molecule has 184 valence electrons. The summed E-state index contributed by atoms with van der Waals surface area (Å²) in [5.74, 6) is -5.14. The fourth-order valence-corrected chi connectivity index (χ4v) is 1.28. The quantitative estimate of drug-likeness (QED) is 0.290. The van der Waals surface area contributed by atoms with Crippen LogP contribution in [0.3, 0.4) is 0 Å². The standard InChI is InChI=1S/2C7H5NO4.2C3H7NO.Zn/c2*9-6(10)4-1-2-5(7(11)12)8-3-4;2*1-4(2)3-5;/h2*1-3H,(H,9,10)(H,11,12);2*3H,1-2H3;/q;;;;+2/p-2. The summed E-state index contributed by atoms with van der Waals surface area (Å²) in [5.41, 5.74) is -0.667. The molecule has 0 spiro atoms. The van der Waals surface area contributed by atoms with Crippen molar-refractivity contribution in [2.75, 3.05) is 28.2 Å². The molecule has 2 aromatic rings. The fraction of sp³-hybridized carbons (Fsp3) is 0.200. The Bertz CT molecular complexity index is 819. The summed E-state index contributed by atoms with van der Waals surface area (Å²) in [5, 5.41) is 37.1. The van der Waals surface area contributed by atoms with Crippen LogP contribution in [0, 0.1) is 0 Å². The molecule has 0 radical (unpaired) electrons. The Kier molecular flexibility index (Phi) is 19.4. The zero-order valence-electron chi connectivity index (χ0n) is 19.3. The zero-order chi connectivity index (χ0) is 26.8. The van der Waals surface area contributed by atoms with Crippen molar-refractivity contribution in [1.29, 1.82) is 0 Å². The molecule has 0 saturated heterocycles. The average Bonchev–Trinajstić information content (AvgIpc) is 2.80. The van der Waals surface area contributed by atoms with Gasteiger partial charge in [0.2, 0.25) is 12.8 Å². The Morgan fingerprint density at radius 3 is 1.09 bits per heavy atom. The number of carbonyl (C=O) groups is 6. The normalized spacial score (nSPS) is 8.34. The first kappa shape index (κ1) is 35.3. The van der Waals surface area contributed by atoms with Crippen LogP contribution in [0.25, 0.3) is 0 Å². The van der Waals surface area contributed by atoms with Crippen LogP contribution in [0.15, 0.2) is 36.7 Å². The third-order valence-corrected chi connectivity index (χ3v) is 2.86. The molecular formula is C20H22N4O10Zn. The van der Waals surface area contributed by atoms with E-state index in [2.05, 4.69) is 9.97 Å². The van der Waals surface area contributed by atoms with Gasteiger partial charge in [-0.2, -0.15) is 0 Å². The molecule has 2 amide bonds. The van der Waals surface area contributed by atoms with E-state index in [4.69, 9.17) is 10.2 Å². The van der Waals surface area contributed by atoms with E-state index in [0.29, 0.717) is 0 Å². The summed E-state index contributed by atoms with van der Waals surface area (Å²) >= 11 is 0. The number of hydrogen-bond donors (Lipinski definition) is 2. The van der Waals surface area contributed by atoms with E-state index in [1.807, 2.05) is 0 Å². The molecule has 0 unspecified atom stereocenters. The minimum Gasteiger partial charge on any atom is -0.543 e. The number of carboxylic acid groups (broad SMARTS) is 4. The number of carboxylic acids is 4. The van der Waals surface area contributed by atoms with Gasteiger partial charge in [0.25, 0.3) is 0 Å². The number of pyridine rings is 2. The van der Waals surface area contributed by atoms with Crippen molar-refractivity contribution in [2.45, 2.75) is 0 Å². The third kappa shape index (κ3) is 17.9. The number of amides is 2. The predicted molar refractivity (Wildman–Crippen MR) is 111 cm³/mol. The van der Waals surface area contributed by atoms with Crippen LogP contribution in [0.4, 0.5) is 0 Å². The van der Waals surface area contributed by atoms with Gasteiger partial charge in [0.1, 0.15) is 0 Å². The van der Waals surface area contributed by atoms with Crippen LogP contribution >= 0.6 is 0 Å². The van der Waals surface area contributed by atoms with Gasteiger partial charge in [-0.05, 0) is 24.3 Å². The summed E-state index contributed by atoms with van der Waals surface area (Å²) in [7, 11) is 6.75. The Morgan fingerprint density at radius 2 is 0.971 bits per heavy atom. The van der Waals surface area contributed by atoms with Crippen LogP contribution in [0.5, 0.6) is 0 Å². The number of nitrogens with zero attached hydrogens (tertiary/aromatic N) is 4.